The topological polar surface area (TPSA) is 64.1 Å². The summed E-state index contributed by atoms with van der Waals surface area (Å²) in [5.74, 6) is 0.325. The molecule has 0 amide bonds. The van der Waals surface area contributed by atoms with E-state index in [4.69, 9.17) is 26.3 Å². The Balaban J connectivity index is 1.84. The lowest BCUT2D eigenvalue weighted by Crippen LogP contribution is -2.57. The van der Waals surface area contributed by atoms with Gasteiger partial charge in [-0.2, -0.15) is 0 Å². The van der Waals surface area contributed by atoms with Crippen molar-refractivity contribution in [3.05, 3.63) is 73.4 Å². The standard InChI is InChI=1S/C24H30ClN5O2/c1-16(2)21-15-30-23(27-21)22(26-13-17(3)28-9-11-32-12-10-28)18(4)29(24(30)31)14-19-5-7-20(25)8-6-19/h5-8,13,16,21H,4,9-12,14-15H2,1-3H3/b17-13+,26-22+/t21-/m0/s1. The summed E-state index contributed by atoms with van der Waals surface area (Å²) in [5, 5.41) is 1.88. The van der Waals surface area contributed by atoms with E-state index in [1.54, 1.807) is 9.13 Å². The van der Waals surface area contributed by atoms with Gasteiger partial charge in [0.15, 0.2) is 5.49 Å². The fraction of sp³-hybridized carbons (Fsp3) is 0.458. The molecule has 8 heteroatoms. The Bertz CT molecular complexity index is 1250. The summed E-state index contributed by atoms with van der Waals surface area (Å²) in [6, 6.07) is 7.55. The van der Waals surface area contributed by atoms with Crippen LogP contribution in [0.5, 0.6) is 0 Å². The van der Waals surface area contributed by atoms with Gasteiger partial charge in [-0.05, 0) is 30.5 Å². The first-order chi connectivity index (χ1) is 15.3. The average Bonchev–Trinajstić information content (AvgIpc) is 3.24. The van der Waals surface area contributed by atoms with Crippen LogP contribution < -0.4 is 21.9 Å². The van der Waals surface area contributed by atoms with Crippen LogP contribution in [0, 0.1) is 5.92 Å². The number of morpholine rings is 1. The molecule has 0 unspecified atom stereocenters. The van der Waals surface area contributed by atoms with E-state index >= 15 is 0 Å². The summed E-state index contributed by atoms with van der Waals surface area (Å²) < 4.78 is 8.87. The molecule has 3 heterocycles. The van der Waals surface area contributed by atoms with Crippen molar-refractivity contribution in [3.8, 4) is 0 Å². The zero-order valence-electron chi connectivity index (χ0n) is 18.9. The first-order valence-electron chi connectivity index (χ1n) is 11.0. The fourth-order valence-electron chi connectivity index (χ4n) is 4.00. The van der Waals surface area contributed by atoms with Crippen molar-refractivity contribution in [1.82, 2.24) is 14.0 Å². The lowest BCUT2D eigenvalue weighted by atomic mass is 10.1. The highest BCUT2D eigenvalue weighted by Gasteiger charge is 2.23. The average molecular weight is 456 g/mol. The predicted octanol–water partition coefficient (Wildman–Crippen LogP) is 1.51. The number of nitrogens with zero attached hydrogens (tertiary/aromatic N) is 5. The monoisotopic (exact) mass is 455 g/mol. The van der Waals surface area contributed by atoms with Crippen molar-refractivity contribution in [1.29, 1.82) is 0 Å². The summed E-state index contributed by atoms with van der Waals surface area (Å²) >= 11 is 6.03. The van der Waals surface area contributed by atoms with Gasteiger partial charge in [-0.25, -0.2) is 9.79 Å². The molecular weight excluding hydrogens is 426 g/mol. The van der Waals surface area contributed by atoms with Crippen molar-refractivity contribution in [3.63, 3.8) is 0 Å². The first kappa shape index (κ1) is 22.6. The Morgan fingerprint density at radius 3 is 2.66 bits per heavy atom. The van der Waals surface area contributed by atoms with Gasteiger partial charge in [-0.15, -0.1) is 0 Å². The van der Waals surface area contributed by atoms with Crippen LogP contribution in [0.1, 0.15) is 26.3 Å². The minimum Gasteiger partial charge on any atom is -0.378 e. The van der Waals surface area contributed by atoms with E-state index in [-0.39, 0.29) is 11.7 Å². The van der Waals surface area contributed by atoms with Crippen LogP contribution in [0.4, 0.5) is 0 Å². The molecule has 0 aliphatic carbocycles. The van der Waals surface area contributed by atoms with Gasteiger partial charge >= 0.3 is 5.69 Å². The van der Waals surface area contributed by atoms with Crippen molar-refractivity contribution >= 4 is 18.2 Å². The van der Waals surface area contributed by atoms with Crippen LogP contribution in [-0.4, -0.2) is 46.4 Å². The molecular formula is C24H30ClN5O2. The van der Waals surface area contributed by atoms with E-state index < -0.39 is 0 Å². The van der Waals surface area contributed by atoms with Crippen molar-refractivity contribution < 1.29 is 4.74 Å². The fourth-order valence-corrected chi connectivity index (χ4v) is 4.13. The SMILES string of the molecule is C=c1/c(=N\C=C(/C)N2CCOCC2)c2n(c(=O)n1Cc1ccc(Cl)cc1)C[C@@H](C(C)C)N=2. The molecule has 1 fully saturated rings. The molecule has 170 valence electrons. The number of hydrogen-bond donors (Lipinski definition) is 0. The van der Waals surface area contributed by atoms with Gasteiger partial charge in [0.2, 0.25) is 0 Å². The molecule has 7 nitrogen and oxygen atoms in total. The molecule has 2 aliphatic rings. The van der Waals surface area contributed by atoms with Crippen LogP contribution in [0.15, 0.2) is 50.9 Å². The first-order valence-corrected chi connectivity index (χ1v) is 11.4. The zero-order valence-corrected chi connectivity index (χ0v) is 19.7. The van der Waals surface area contributed by atoms with Crippen LogP contribution in [-0.2, 0) is 17.8 Å². The molecule has 1 aromatic heterocycles. The van der Waals surface area contributed by atoms with E-state index in [0.717, 1.165) is 24.4 Å². The van der Waals surface area contributed by atoms with Crippen LogP contribution in [0.2, 0.25) is 5.02 Å². The summed E-state index contributed by atoms with van der Waals surface area (Å²) in [7, 11) is 0. The second-order valence-corrected chi connectivity index (χ2v) is 9.10. The third-order valence-corrected chi connectivity index (χ3v) is 6.35. The molecule has 2 aromatic rings. The minimum atomic E-state index is -0.111. The molecule has 1 atom stereocenters. The third kappa shape index (κ3) is 4.59. The lowest BCUT2D eigenvalue weighted by molar-refractivity contribution is 0.0536. The summed E-state index contributed by atoms with van der Waals surface area (Å²) in [5.41, 5.74) is 2.54. The molecule has 2 aliphatic heterocycles. The maximum Gasteiger partial charge on any atom is 0.330 e. The Hall–Kier alpha value is -2.64. The van der Waals surface area contributed by atoms with Gasteiger partial charge in [0.1, 0.15) is 5.36 Å². The number of allylic oxidation sites excluding steroid dienone is 1. The van der Waals surface area contributed by atoms with Crippen molar-refractivity contribution in [2.75, 3.05) is 26.3 Å². The number of hydrogen-bond acceptors (Lipinski definition) is 5. The van der Waals surface area contributed by atoms with Gasteiger partial charge in [0.25, 0.3) is 0 Å². The van der Waals surface area contributed by atoms with Gasteiger partial charge in [-0.1, -0.05) is 44.2 Å². The molecule has 32 heavy (non-hydrogen) atoms. The van der Waals surface area contributed by atoms with Crippen LogP contribution >= 0.6 is 11.6 Å². The molecule has 0 saturated carbocycles. The maximum absolute atomic E-state index is 13.4. The van der Waals surface area contributed by atoms with Crippen LogP contribution in [0.25, 0.3) is 6.58 Å². The van der Waals surface area contributed by atoms with E-state index in [1.165, 1.54) is 0 Å². The summed E-state index contributed by atoms with van der Waals surface area (Å²) in [6.07, 6.45) is 1.85. The normalized spacial score (nSPS) is 19.4. The highest BCUT2D eigenvalue weighted by atomic mass is 35.5. The highest BCUT2D eigenvalue weighted by Crippen LogP contribution is 2.11. The van der Waals surface area contributed by atoms with E-state index in [0.29, 0.717) is 53.4 Å². The van der Waals surface area contributed by atoms with E-state index in [1.807, 2.05) is 37.4 Å². The predicted molar refractivity (Wildman–Crippen MR) is 126 cm³/mol. The number of ether oxygens (including phenoxy) is 1. The van der Waals surface area contributed by atoms with Crippen molar-refractivity contribution in [2.24, 2.45) is 15.9 Å². The Morgan fingerprint density at radius 1 is 1.31 bits per heavy atom. The summed E-state index contributed by atoms with van der Waals surface area (Å²) in [4.78, 5) is 25.3. The molecule has 0 radical (unpaired) electrons. The number of halogens is 1. The number of benzene rings is 1. The highest BCUT2D eigenvalue weighted by molar-refractivity contribution is 6.30. The van der Waals surface area contributed by atoms with Gasteiger partial charge < -0.3 is 9.64 Å². The van der Waals surface area contributed by atoms with E-state index in [2.05, 4.69) is 25.3 Å². The smallest absolute Gasteiger partial charge is 0.330 e. The largest absolute Gasteiger partial charge is 0.378 e. The molecule has 1 saturated heterocycles. The Morgan fingerprint density at radius 2 is 2.00 bits per heavy atom. The quantitative estimate of drug-likeness (QED) is 0.686. The molecule has 0 bridgehead atoms. The second-order valence-electron chi connectivity index (χ2n) is 8.66. The summed E-state index contributed by atoms with van der Waals surface area (Å²) in [6.45, 7) is 14.6. The van der Waals surface area contributed by atoms with Crippen LogP contribution in [0.3, 0.4) is 0 Å². The second kappa shape index (κ2) is 9.46. The van der Waals surface area contributed by atoms with Gasteiger partial charge in [0.05, 0.1) is 37.7 Å². The Kier molecular flexibility index (Phi) is 6.67. The van der Waals surface area contributed by atoms with Gasteiger partial charge in [-0.3, -0.25) is 14.1 Å². The zero-order chi connectivity index (χ0) is 22.8. The maximum atomic E-state index is 13.4. The molecule has 1 aromatic carbocycles. The minimum absolute atomic E-state index is 0.0479. The molecule has 0 spiro atoms. The molecule has 4 rings (SSSR count). The Labute approximate surface area is 192 Å². The van der Waals surface area contributed by atoms with Gasteiger partial charge in [0, 0.05) is 30.0 Å². The third-order valence-electron chi connectivity index (χ3n) is 6.10. The van der Waals surface area contributed by atoms with Crippen molar-refractivity contribution in [2.45, 2.75) is 39.9 Å². The lowest BCUT2D eigenvalue weighted by Gasteiger charge is -2.28. The number of rotatable bonds is 5. The number of aromatic nitrogens is 2. The number of fused-ring (bicyclic) bond motifs is 1. The molecule has 0 N–H and O–H groups in total. The van der Waals surface area contributed by atoms with E-state index in [9.17, 15) is 4.79 Å².